The van der Waals surface area contributed by atoms with Crippen molar-refractivity contribution in [2.45, 2.75) is 62.8 Å². The molecule has 1 atom stereocenters. The zero-order valence-electron chi connectivity index (χ0n) is 13.5. The van der Waals surface area contributed by atoms with E-state index in [-0.39, 0.29) is 11.9 Å². The normalized spacial score (nSPS) is 23.0. The molecule has 1 fully saturated rings. The monoisotopic (exact) mass is 336 g/mol. The minimum absolute atomic E-state index is 0.00133. The molecular weight excluding hydrogens is 312 g/mol. The summed E-state index contributed by atoms with van der Waals surface area (Å²) in [6.07, 6.45) is 5.79. The topological polar surface area (TPSA) is 66.5 Å². The molecule has 0 radical (unpaired) electrons. The number of hydrogen-bond donors (Lipinski definition) is 1. The van der Waals surface area contributed by atoms with E-state index in [1.54, 1.807) is 22.5 Å². The van der Waals surface area contributed by atoms with Gasteiger partial charge in [0, 0.05) is 24.7 Å². The van der Waals surface area contributed by atoms with E-state index in [0.717, 1.165) is 49.8 Å². The number of carbonyl (C=O) groups is 1. The second kappa shape index (κ2) is 6.61. The lowest BCUT2D eigenvalue weighted by atomic mass is 10.0. The Hall–Kier alpha value is -1.40. The summed E-state index contributed by atoms with van der Waals surface area (Å²) in [5, 5.41) is 2.85. The molecule has 0 aromatic heterocycles. The molecule has 2 aliphatic heterocycles. The molecule has 1 unspecified atom stereocenters. The van der Waals surface area contributed by atoms with Crippen molar-refractivity contribution in [2.75, 3.05) is 11.9 Å². The number of fused-ring (bicyclic) bond motifs is 1. The summed E-state index contributed by atoms with van der Waals surface area (Å²) in [6.45, 7) is 2.65. The van der Waals surface area contributed by atoms with Crippen molar-refractivity contribution in [1.29, 1.82) is 0 Å². The van der Waals surface area contributed by atoms with Gasteiger partial charge in [-0.1, -0.05) is 13.3 Å². The number of amides is 1. The van der Waals surface area contributed by atoms with Crippen LogP contribution in [0, 0.1) is 0 Å². The molecule has 0 spiro atoms. The maximum absolute atomic E-state index is 13.0. The van der Waals surface area contributed by atoms with Gasteiger partial charge < -0.3 is 5.32 Å². The highest BCUT2D eigenvalue weighted by Crippen LogP contribution is 2.30. The van der Waals surface area contributed by atoms with E-state index in [0.29, 0.717) is 17.9 Å². The predicted molar refractivity (Wildman–Crippen MR) is 89.8 cm³/mol. The van der Waals surface area contributed by atoms with Crippen molar-refractivity contribution < 1.29 is 13.2 Å². The highest BCUT2D eigenvalue weighted by Gasteiger charge is 2.32. The molecule has 0 bridgehead atoms. The SMILES string of the molecule is CCC1CCCCN1S(=O)(=O)c1ccc2c(c1)CCCC(=O)N2. The van der Waals surface area contributed by atoms with E-state index >= 15 is 0 Å². The van der Waals surface area contributed by atoms with E-state index in [2.05, 4.69) is 5.32 Å². The lowest BCUT2D eigenvalue weighted by Gasteiger charge is -2.34. The third-order valence-electron chi connectivity index (χ3n) is 4.85. The van der Waals surface area contributed by atoms with E-state index in [1.807, 2.05) is 6.92 Å². The van der Waals surface area contributed by atoms with Crippen LogP contribution >= 0.6 is 0 Å². The Morgan fingerprint density at radius 1 is 1.22 bits per heavy atom. The zero-order chi connectivity index (χ0) is 16.4. The minimum Gasteiger partial charge on any atom is -0.326 e. The Balaban J connectivity index is 1.94. The summed E-state index contributed by atoms with van der Waals surface area (Å²) >= 11 is 0. The van der Waals surface area contributed by atoms with Gasteiger partial charge in [0.2, 0.25) is 15.9 Å². The molecule has 1 aromatic carbocycles. The van der Waals surface area contributed by atoms with Gasteiger partial charge >= 0.3 is 0 Å². The van der Waals surface area contributed by atoms with Crippen LogP contribution in [0.15, 0.2) is 23.1 Å². The van der Waals surface area contributed by atoms with Gasteiger partial charge in [0.05, 0.1) is 4.90 Å². The second-order valence-corrected chi connectivity index (χ2v) is 8.28. The Morgan fingerprint density at radius 2 is 2.04 bits per heavy atom. The van der Waals surface area contributed by atoms with Crippen LogP contribution in [0.5, 0.6) is 0 Å². The van der Waals surface area contributed by atoms with Gasteiger partial charge in [-0.2, -0.15) is 4.31 Å². The second-order valence-electron chi connectivity index (χ2n) is 6.39. The van der Waals surface area contributed by atoms with E-state index in [1.165, 1.54) is 0 Å². The summed E-state index contributed by atoms with van der Waals surface area (Å²) in [4.78, 5) is 12.0. The number of benzene rings is 1. The maximum atomic E-state index is 13.0. The molecule has 1 amide bonds. The molecule has 0 aliphatic carbocycles. The molecule has 2 aliphatic rings. The third-order valence-corrected chi connectivity index (χ3v) is 6.80. The third kappa shape index (κ3) is 3.28. The molecule has 5 nitrogen and oxygen atoms in total. The Bertz CT molecular complexity index is 700. The lowest BCUT2D eigenvalue weighted by Crippen LogP contribution is -2.43. The fourth-order valence-corrected chi connectivity index (χ4v) is 5.36. The number of nitrogens with one attached hydrogen (secondary N) is 1. The number of carbonyl (C=O) groups excluding carboxylic acids is 1. The van der Waals surface area contributed by atoms with Crippen LogP contribution < -0.4 is 5.32 Å². The van der Waals surface area contributed by atoms with Gasteiger partial charge in [0.25, 0.3) is 0 Å². The zero-order valence-corrected chi connectivity index (χ0v) is 14.4. The average Bonchev–Trinajstić information content (AvgIpc) is 2.74. The van der Waals surface area contributed by atoms with Crippen LogP contribution in [0.25, 0.3) is 0 Å². The Kier molecular flexibility index (Phi) is 4.73. The van der Waals surface area contributed by atoms with Crippen molar-refractivity contribution in [3.63, 3.8) is 0 Å². The molecule has 6 heteroatoms. The van der Waals surface area contributed by atoms with E-state index in [4.69, 9.17) is 0 Å². The lowest BCUT2D eigenvalue weighted by molar-refractivity contribution is -0.116. The molecule has 0 saturated carbocycles. The predicted octanol–water partition coefficient (Wildman–Crippen LogP) is 2.91. The van der Waals surface area contributed by atoms with Gasteiger partial charge in [0.1, 0.15) is 0 Å². The first-order chi connectivity index (χ1) is 11.0. The number of anilines is 1. The average molecular weight is 336 g/mol. The molecule has 1 aromatic rings. The van der Waals surface area contributed by atoms with Crippen LogP contribution in [-0.2, 0) is 21.2 Å². The smallest absolute Gasteiger partial charge is 0.243 e. The number of piperidine rings is 1. The number of sulfonamides is 1. The fourth-order valence-electron chi connectivity index (χ4n) is 3.55. The van der Waals surface area contributed by atoms with Gasteiger partial charge in [-0.05, 0) is 55.9 Å². The summed E-state index contributed by atoms with van der Waals surface area (Å²) in [5.41, 5.74) is 1.67. The summed E-state index contributed by atoms with van der Waals surface area (Å²) in [5.74, 6) is 0.00133. The standard InChI is InChI=1S/C17H24N2O3S/c1-2-14-7-3-4-11-19(14)23(21,22)15-9-10-16-13(12-15)6-5-8-17(20)18-16/h9-10,12,14H,2-8,11H2,1H3,(H,18,20). The number of rotatable bonds is 3. The highest BCUT2D eigenvalue weighted by atomic mass is 32.2. The number of nitrogens with zero attached hydrogens (tertiary/aromatic N) is 1. The van der Waals surface area contributed by atoms with Gasteiger partial charge in [0.15, 0.2) is 0 Å². The van der Waals surface area contributed by atoms with Gasteiger partial charge in [-0.25, -0.2) is 8.42 Å². The first-order valence-corrected chi connectivity index (χ1v) is 9.91. The van der Waals surface area contributed by atoms with Crippen LogP contribution in [-0.4, -0.2) is 31.2 Å². The molecular formula is C17H24N2O3S. The van der Waals surface area contributed by atoms with Crippen molar-refractivity contribution in [3.8, 4) is 0 Å². The molecule has 3 rings (SSSR count). The first-order valence-electron chi connectivity index (χ1n) is 8.47. The summed E-state index contributed by atoms with van der Waals surface area (Å²) in [6, 6.07) is 5.21. The first kappa shape index (κ1) is 16.5. The molecule has 1 N–H and O–H groups in total. The Morgan fingerprint density at radius 3 is 2.83 bits per heavy atom. The highest BCUT2D eigenvalue weighted by molar-refractivity contribution is 7.89. The van der Waals surface area contributed by atoms with Crippen molar-refractivity contribution >= 4 is 21.6 Å². The van der Waals surface area contributed by atoms with Crippen molar-refractivity contribution in [2.24, 2.45) is 0 Å². The van der Waals surface area contributed by atoms with Crippen molar-refractivity contribution in [3.05, 3.63) is 23.8 Å². The Labute approximate surface area is 138 Å². The van der Waals surface area contributed by atoms with Crippen LogP contribution in [0.2, 0.25) is 0 Å². The molecule has 1 saturated heterocycles. The molecule has 2 heterocycles. The van der Waals surface area contributed by atoms with Gasteiger partial charge in [-0.15, -0.1) is 0 Å². The largest absolute Gasteiger partial charge is 0.326 e. The summed E-state index contributed by atoms with van der Waals surface area (Å²) < 4.78 is 27.7. The van der Waals surface area contributed by atoms with E-state index < -0.39 is 10.0 Å². The van der Waals surface area contributed by atoms with Crippen LogP contribution in [0.4, 0.5) is 5.69 Å². The molecule has 126 valence electrons. The number of aryl methyl sites for hydroxylation is 1. The van der Waals surface area contributed by atoms with Crippen LogP contribution in [0.3, 0.4) is 0 Å². The fraction of sp³-hybridized carbons (Fsp3) is 0.588. The molecule has 23 heavy (non-hydrogen) atoms. The quantitative estimate of drug-likeness (QED) is 0.923. The van der Waals surface area contributed by atoms with Crippen molar-refractivity contribution in [1.82, 2.24) is 4.31 Å². The van der Waals surface area contributed by atoms with Crippen LogP contribution in [0.1, 0.15) is 51.0 Å². The summed E-state index contributed by atoms with van der Waals surface area (Å²) in [7, 11) is -3.46. The maximum Gasteiger partial charge on any atom is 0.243 e. The van der Waals surface area contributed by atoms with Gasteiger partial charge in [-0.3, -0.25) is 4.79 Å². The number of hydrogen-bond acceptors (Lipinski definition) is 3. The minimum atomic E-state index is -3.46. The van der Waals surface area contributed by atoms with E-state index in [9.17, 15) is 13.2 Å².